The smallest absolute Gasteiger partial charge is 0.188 e. The molecule has 2 atom stereocenters. The van der Waals surface area contributed by atoms with Gasteiger partial charge < -0.3 is 4.74 Å². The molecule has 0 N–H and O–H groups in total. The predicted molar refractivity (Wildman–Crippen MR) is 80.3 cm³/mol. The summed E-state index contributed by atoms with van der Waals surface area (Å²) in [7, 11) is 1.59. The Labute approximate surface area is 123 Å². The standard InChI is InChI=1S/C18H16O3/c1-21-16-8-6-12(7-9-16)17(19)15-10-13-4-2-3-5-14(11-15)18(13)20/h2-10,13-14H,11H2,1H3. The van der Waals surface area contributed by atoms with Crippen LogP contribution in [0.4, 0.5) is 0 Å². The van der Waals surface area contributed by atoms with Crippen LogP contribution in [0.25, 0.3) is 0 Å². The highest BCUT2D eigenvalue weighted by molar-refractivity contribution is 6.10. The van der Waals surface area contributed by atoms with Gasteiger partial charge in [0.05, 0.1) is 13.0 Å². The molecule has 0 saturated heterocycles. The first-order chi connectivity index (χ1) is 10.2. The minimum atomic E-state index is -0.282. The van der Waals surface area contributed by atoms with E-state index in [1.165, 1.54) is 0 Å². The maximum atomic E-state index is 12.6. The summed E-state index contributed by atoms with van der Waals surface area (Å²) >= 11 is 0. The summed E-state index contributed by atoms with van der Waals surface area (Å²) in [5, 5.41) is 0. The Balaban J connectivity index is 1.89. The van der Waals surface area contributed by atoms with Gasteiger partial charge in [-0.3, -0.25) is 9.59 Å². The van der Waals surface area contributed by atoms with Gasteiger partial charge in [0.1, 0.15) is 5.75 Å². The summed E-state index contributed by atoms with van der Waals surface area (Å²) in [4.78, 5) is 24.7. The lowest BCUT2D eigenvalue weighted by molar-refractivity contribution is -0.123. The largest absolute Gasteiger partial charge is 0.497 e. The molecule has 2 bridgehead atoms. The molecular formula is C18H16O3. The summed E-state index contributed by atoms with van der Waals surface area (Å²) in [5.74, 6) is 0.414. The van der Waals surface area contributed by atoms with E-state index in [9.17, 15) is 9.59 Å². The van der Waals surface area contributed by atoms with Gasteiger partial charge in [0.2, 0.25) is 0 Å². The molecule has 3 nitrogen and oxygen atoms in total. The highest BCUT2D eigenvalue weighted by Gasteiger charge is 2.31. The lowest BCUT2D eigenvalue weighted by Crippen LogP contribution is -2.26. The van der Waals surface area contributed by atoms with Crippen LogP contribution in [0.5, 0.6) is 5.75 Å². The van der Waals surface area contributed by atoms with E-state index >= 15 is 0 Å². The van der Waals surface area contributed by atoms with Gasteiger partial charge >= 0.3 is 0 Å². The Bertz CT molecular complexity index is 662. The third-order valence-electron chi connectivity index (χ3n) is 3.93. The number of ether oxygens (including phenoxy) is 1. The third kappa shape index (κ3) is 2.59. The van der Waals surface area contributed by atoms with Gasteiger partial charge in [0.25, 0.3) is 0 Å². The van der Waals surface area contributed by atoms with Crippen LogP contribution in [0.2, 0.25) is 0 Å². The van der Waals surface area contributed by atoms with Gasteiger partial charge in [-0.15, -0.1) is 0 Å². The molecule has 1 aromatic rings. The number of ketones is 2. The molecular weight excluding hydrogens is 264 g/mol. The number of Topliss-reactive ketones (excluding diaryl/α,β-unsaturated/α-hetero) is 2. The van der Waals surface area contributed by atoms with Crippen LogP contribution in [-0.2, 0) is 4.79 Å². The third-order valence-corrected chi connectivity index (χ3v) is 3.93. The first-order valence-electron chi connectivity index (χ1n) is 6.97. The van der Waals surface area contributed by atoms with Crippen LogP contribution >= 0.6 is 0 Å². The molecule has 3 heteroatoms. The summed E-state index contributed by atoms with van der Waals surface area (Å²) in [6.45, 7) is 0. The van der Waals surface area contributed by atoms with Crippen LogP contribution < -0.4 is 4.74 Å². The SMILES string of the molecule is COc1ccc(C(=O)C2=CC3C=CC=CC(C2)C3=O)cc1. The van der Waals surface area contributed by atoms with Crippen molar-refractivity contribution in [1.29, 1.82) is 0 Å². The number of hydrogen-bond acceptors (Lipinski definition) is 3. The van der Waals surface area contributed by atoms with E-state index in [-0.39, 0.29) is 23.4 Å². The zero-order chi connectivity index (χ0) is 14.8. The Morgan fingerprint density at radius 3 is 2.57 bits per heavy atom. The van der Waals surface area contributed by atoms with Crippen LogP contribution in [0, 0.1) is 11.8 Å². The minimum absolute atomic E-state index is 0.0103. The van der Waals surface area contributed by atoms with Crippen molar-refractivity contribution in [2.24, 2.45) is 11.8 Å². The van der Waals surface area contributed by atoms with E-state index < -0.39 is 0 Å². The fraction of sp³-hybridized carbons (Fsp3) is 0.222. The molecule has 2 unspecified atom stereocenters. The fourth-order valence-corrected chi connectivity index (χ4v) is 2.74. The molecule has 21 heavy (non-hydrogen) atoms. The molecule has 0 spiro atoms. The van der Waals surface area contributed by atoms with E-state index in [1.54, 1.807) is 37.5 Å². The quantitative estimate of drug-likeness (QED) is 0.799. The molecule has 2 aliphatic carbocycles. The first kappa shape index (κ1) is 13.6. The number of benzene rings is 1. The molecule has 0 heterocycles. The summed E-state index contributed by atoms with van der Waals surface area (Å²) < 4.78 is 5.10. The highest BCUT2D eigenvalue weighted by Crippen LogP contribution is 2.31. The lowest BCUT2D eigenvalue weighted by atomic mass is 9.79. The zero-order valence-corrected chi connectivity index (χ0v) is 11.8. The molecule has 0 radical (unpaired) electrons. The molecule has 0 aliphatic heterocycles. The average Bonchev–Trinajstić information content (AvgIpc) is 2.63. The second-order valence-electron chi connectivity index (χ2n) is 5.26. The molecule has 106 valence electrons. The molecule has 1 aromatic carbocycles. The summed E-state index contributed by atoms with van der Waals surface area (Å²) in [6, 6.07) is 7.06. The second kappa shape index (κ2) is 5.52. The number of methoxy groups -OCH3 is 1. The van der Waals surface area contributed by atoms with E-state index in [2.05, 4.69) is 0 Å². The number of fused-ring (bicyclic) bond motifs is 2. The molecule has 3 rings (SSSR count). The number of allylic oxidation sites excluding steroid dienone is 6. The van der Waals surface area contributed by atoms with Crippen molar-refractivity contribution in [3.8, 4) is 5.75 Å². The monoisotopic (exact) mass is 280 g/mol. The minimum Gasteiger partial charge on any atom is -0.497 e. The van der Waals surface area contributed by atoms with Crippen molar-refractivity contribution >= 4 is 11.6 Å². The van der Waals surface area contributed by atoms with Crippen molar-refractivity contribution in [3.05, 3.63) is 65.8 Å². The Hall–Kier alpha value is -2.42. The Kier molecular flexibility index (Phi) is 3.57. The van der Waals surface area contributed by atoms with E-state index in [0.29, 0.717) is 17.6 Å². The Morgan fingerprint density at radius 2 is 1.86 bits per heavy atom. The first-order valence-corrected chi connectivity index (χ1v) is 6.97. The maximum absolute atomic E-state index is 12.6. The molecule has 0 saturated carbocycles. The Morgan fingerprint density at radius 1 is 1.14 bits per heavy atom. The van der Waals surface area contributed by atoms with Gasteiger partial charge in [-0.25, -0.2) is 0 Å². The van der Waals surface area contributed by atoms with E-state index in [1.807, 2.05) is 24.3 Å². The van der Waals surface area contributed by atoms with Gasteiger partial charge in [-0.2, -0.15) is 0 Å². The van der Waals surface area contributed by atoms with Crippen LogP contribution in [0.1, 0.15) is 16.8 Å². The summed E-state index contributed by atoms with van der Waals surface area (Å²) in [6.07, 6.45) is 9.77. The number of carbonyl (C=O) groups is 2. The van der Waals surface area contributed by atoms with E-state index in [0.717, 1.165) is 5.75 Å². The van der Waals surface area contributed by atoms with Crippen molar-refractivity contribution in [1.82, 2.24) is 0 Å². The second-order valence-corrected chi connectivity index (χ2v) is 5.26. The van der Waals surface area contributed by atoms with Crippen molar-refractivity contribution in [3.63, 3.8) is 0 Å². The molecule has 2 aliphatic rings. The van der Waals surface area contributed by atoms with Crippen LogP contribution in [-0.4, -0.2) is 18.7 Å². The predicted octanol–water partition coefficient (Wildman–Crippen LogP) is 3.14. The van der Waals surface area contributed by atoms with Crippen LogP contribution in [0.15, 0.2) is 60.2 Å². The van der Waals surface area contributed by atoms with Crippen molar-refractivity contribution < 1.29 is 14.3 Å². The van der Waals surface area contributed by atoms with Gasteiger partial charge in [0, 0.05) is 11.5 Å². The van der Waals surface area contributed by atoms with Crippen LogP contribution in [0.3, 0.4) is 0 Å². The number of rotatable bonds is 3. The molecule has 0 fully saturated rings. The maximum Gasteiger partial charge on any atom is 0.188 e. The van der Waals surface area contributed by atoms with Gasteiger partial charge in [-0.1, -0.05) is 30.4 Å². The highest BCUT2D eigenvalue weighted by atomic mass is 16.5. The van der Waals surface area contributed by atoms with Gasteiger partial charge in [0.15, 0.2) is 11.6 Å². The lowest BCUT2D eigenvalue weighted by Gasteiger charge is -2.22. The zero-order valence-electron chi connectivity index (χ0n) is 11.8. The topological polar surface area (TPSA) is 43.4 Å². The van der Waals surface area contributed by atoms with Gasteiger partial charge in [-0.05, 0) is 36.3 Å². The number of carbonyl (C=O) groups excluding carboxylic acids is 2. The normalized spacial score (nSPS) is 23.5. The molecule has 0 aromatic heterocycles. The van der Waals surface area contributed by atoms with E-state index in [4.69, 9.17) is 4.74 Å². The summed E-state index contributed by atoms with van der Waals surface area (Å²) in [5.41, 5.74) is 1.34. The van der Waals surface area contributed by atoms with Crippen molar-refractivity contribution in [2.45, 2.75) is 6.42 Å². The molecule has 0 amide bonds. The average molecular weight is 280 g/mol. The van der Waals surface area contributed by atoms with Crippen molar-refractivity contribution in [2.75, 3.05) is 7.11 Å². The number of hydrogen-bond donors (Lipinski definition) is 0. The fourth-order valence-electron chi connectivity index (χ4n) is 2.74.